The smallest absolute Gasteiger partial charge is 0.0110 e. The number of hydrogen-bond acceptors (Lipinski definition) is 2. The molecule has 0 bridgehead atoms. The van der Waals surface area contributed by atoms with E-state index in [0.717, 1.165) is 18.0 Å². The summed E-state index contributed by atoms with van der Waals surface area (Å²) in [5, 5.41) is 3.86. The predicted octanol–water partition coefficient (Wildman–Crippen LogP) is 4.59. The van der Waals surface area contributed by atoms with Gasteiger partial charge in [-0.3, -0.25) is 4.90 Å². The van der Waals surface area contributed by atoms with E-state index in [1.165, 1.54) is 90.3 Å². The minimum absolute atomic E-state index is 0.808. The Morgan fingerprint density at radius 3 is 2.10 bits per heavy atom. The summed E-state index contributed by atoms with van der Waals surface area (Å²) in [6, 6.07) is 1.70. The standard InChI is InChI=1S/C19H38N2/c1-17(2)13-15-21(19-11-7-8-12-19)16-14-20-18-9-5-3-4-6-10-18/h17-20H,3-16H2,1-2H3. The highest BCUT2D eigenvalue weighted by molar-refractivity contribution is 4.79. The highest BCUT2D eigenvalue weighted by Gasteiger charge is 2.22. The summed E-state index contributed by atoms with van der Waals surface area (Å²) in [7, 11) is 0. The molecule has 2 aliphatic rings. The van der Waals surface area contributed by atoms with Gasteiger partial charge in [-0.05, 0) is 44.6 Å². The lowest BCUT2D eigenvalue weighted by molar-refractivity contribution is 0.186. The first-order valence-corrected chi connectivity index (χ1v) is 9.73. The molecule has 0 aromatic carbocycles. The van der Waals surface area contributed by atoms with Gasteiger partial charge in [0.05, 0.1) is 0 Å². The molecule has 0 spiro atoms. The maximum Gasteiger partial charge on any atom is 0.0110 e. The van der Waals surface area contributed by atoms with Crippen molar-refractivity contribution in [2.45, 2.75) is 96.6 Å². The second-order valence-corrected chi connectivity index (χ2v) is 7.80. The van der Waals surface area contributed by atoms with E-state index in [0.29, 0.717) is 0 Å². The van der Waals surface area contributed by atoms with Gasteiger partial charge in [0, 0.05) is 25.2 Å². The third-order valence-electron chi connectivity index (χ3n) is 5.52. The second kappa shape index (κ2) is 9.84. The van der Waals surface area contributed by atoms with E-state index >= 15 is 0 Å². The number of nitrogens with one attached hydrogen (secondary N) is 1. The van der Waals surface area contributed by atoms with Crippen LogP contribution < -0.4 is 5.32 Å². The molecule has 2 fully saturated rings. The molecule has 0 amide bonds. The monoisotopic (exact) mass is 294 g/mol. The minimum Gasteiger partial charge on any atom is -0.313 e. The molecule has 0 atom stereocenters. The molecule has 124 valence electrons. The van der Waals surface area contributed by atoms with Crippen LogP contribution in [0.2, 0.25) is 0 Å². The van der Waals surface area contributed by atoms with Gasteiger partial charge < -0.3 is 5.32 Å². The van der Waals surface area contributed by atoms with Crippen LogP contribution in [-0.4, -0.2) is 36.6 Å². The van der Waals surface area contributed by atoms with E-state index in [1.54, 1.807) is 0 Å². The molecule has 2 nitrogen and oxygen atoms in total. The van der Waals surface area contributed by atoms with Crippen molar-refractivity contribution in [1.82, 2.24) is 10.2 Å². The molecule has 0 saturated heterocycles. The van der Waals surface area contributed by atoms with Gasteiger partial charge in [0.15, 0.2) is 0 Å². The van der Waals surface area contributed by atoms with E-state index in [4.69, 9.17) is 0 Å². The first kappa shape index (κ1) is 17.3. The van der Waals surface area contributed by atoms with Gasteiger partial charge in [-0.15, -0.1) is 0 Å². The fourth-order valence-electron chi connectivity index (χ4n) is 4.07. The molecule has 2 rings (SSSR count). The zero-order valence-corrected chi connectivity index (χ0v) is 14.6. The van der Waals surface area contributed by atoms with E-state index in [2.05, 4.69) is 24.1 Å². The fourth-order valence-corrected chi connectivity index (χ4v) is 4.07. The summed E-state index contributed by atoms with van der Waals surface area (Å²) in [6.07, 6.45) is 15.8. The fraction of sp³-hybridized carbons (Fsp3) is 1.00. The van der Waals surface area contributed by atoms with Gasteiger partial charge in [0.2, 0.25) is 0 Å². The number of rotatable bonds is 8. The van der Waals surface area contributed by atoms with E-state index in [-0.39, 0.29) is 0 Å². The third-order valence-corrected chi connectivity index (χ3v) is 5.52. The molecule has 2 saturated carbocycles. The van der Waals surface area contributed by atoms with E-state index in [9.17, 15) is 0 Å². The van der Waals surface area contributed by atoms with E-state index < -0.39 is 0 Å². The summed E-state index contributed by atoms with van der Waals surface area (Å²) >= 11 is 0. The van der Waals surface area contributed by atoms with Crippen molar-refractivity contribution in [1.29, 1.82) is 0 Å². The van der Waals surface area contributed by atoms with Crippen molar-refractivity contribution >= 4 is 0 Å². The van der Waals surface area contributed by atoms with Crippen molar-refractivity contribution in [3.8, 4) is 0 Å². The maximum atomic E-state index is 3.86. The van der Waals surface area contributed by atoms with Crippen LogP contribution in [0.4, 0.5) is 0 Å². The van der Waals surface area contributed by atoms with Gasteiger partial charge in [0.25, 0.3) is 0 Å². The van der Waals surface area contributed by atoms with Crippen LogP contribution in [0.25, 0.3) is 0 Å². The summed E-state index contributed by atoms with van der Waals surface area (Å²) in [6.45, 7) is 8.51. The van der Waals surface area contributed by atoms with Crippen LogP contribution >= 0.6 is 0 Å². The first-order valence-electron chi connectivity index (χ1n) is 9.73. The molecule has 21 heavy (non-hydrogen) atoms. The van der Waals surface area contributed by atoms with Crippen LogP contribution in [0.15, 0.2) is 0 Å². The summed E-state index contributed by atoms with van der Waals surface area (Å²) < 4.78 is 0. The first-order chi connectivity index (χ1) is 10.3. The third kappa shape index (κ3) is 6.69. The lowest BCUT2D eigenvalue weighted by Gasteiger charge is -2.30. The molecule has 0 aromatic heterocycles. The molecule has 2 heteroatoms. The Balaban J connectivity index is 1.69. The van der Waals surface area contributed by atoms with Crippen LogP contribution in [-0.2, 0) is 0 Å². The molecule has 0 aromatic rings. The van der Waals surface area contributed by atoms with Gasteiger partial charge in [0.1, 0.15) is 0 Å². The highest BCUT2D eigenvalue weighted by atomic mass is 15.2. The maximum absolute atomic E-state index is 3.86. The molecule has 0 radical (unpaired) electrons. The van der Waals surface area contributed by atoms with Crippen molar-refractivity contribution < 1.29 is 0 Å². The predicted molar refractivity (Wildman–Crippen MR) is 92.8 cm³/mol. The van der Waals surface area contributed by atoms with Crippen LogP contribution in [0.3, 0.4) is 0 Å². The Morgan fingerprint density at radius 2 is 1.48 bits per heavy atom. The zero-order valence-electron chi connectivity index (χ0n) is 14.6. The Morgan fingerprint density at radius 1 is 0.857 bits per heavy atom. The van der Waals surface area contributed by atoms with Crippen molar-refractivity contribution in [3.05, 3.63) is 0 Å². The quantitative estimate of drug-likeness (QED) is 0.659. The van der Waals surface area contributed by atoms with Crippen molar-refractivity contribution in [3.63, 3.8) is 0 Å². The van der Waals surface area contributed by atoms with Gasteiger partial charge >= 0.3 is 0 Å². The lowest BCUT2D eigenvalue weighted by Crippen LogP contribution is -2.41. The summed E-state index contributed by atoms with van der Waals surface area (Å²) in [5.74, 6) is 0.837. The van der Waals surface area contributed by atoms with Crippen LogP contribution in [0, 0.1) is 5.92 Å². The Labute approximate surface area is 133 Å². The Hall–Kier alpha value is -0.0800. The molecule has 0 unspecified atom stereocenters. The Bertz CT molecular complexity index is 250. The number of hydrogen-bond donors (Lipinski definition) is 1. The topological polar surface area (TPSA) is 15.3 Å². The van der Waals surface area contributed by atoms with Crippen LogP contribution in [0.5, 0.6) is 0 Å². The van der Waals surface area contributed by atoms with Gasteiger partial charge in [-0.25, -0.2) is 0 Å². The Kier molecular flexibility index (Phi) is 8.10. The molecule has 2 aliphatic carbocycles. The lowest BCUT2D eigenvalue weighted by atomic mass is 10.1. The number of nitrogens with zero attached hydrogens (tertiary/aromatic N) is 1. The van der Waals surface area contributed by atoms with Crippen molar-refractivity contribution in [2.75, 3.05) is 19.6 Å². The summed E-state index contributed by atoms with van der Waals surface area (Å²) in [4.78, 5) is 2.80. The van der Waals surface area contributed by atoms with E-state index in [1.807, 2.05) is 0 Å². The molecular formula is C19H38N2. The SMILES string of the molecule is CC(C)CCN(CCNC1CCCCCC1)C1CCCC1. The average molecular weight is 295 g/mol. The minimum atomic E-state index is 0.808. The average Bonchev–Trinajstić information content (AvgIpc) is 2.87. The van der Waals surface area contributed by atoms with Gasteiger partial charge in [-0.2, -0.15) is 0 Å². The van der Waals surface area contributed by atoms with Gasteiger partial charge in [-0.1, -0.05) is 52.4 Å². The molecule has 1 N–H and O–H groups in total. The molecule has 0 heterocycles. The second-order valence-electron chi connectivity index (χ2n) is 7.80. The largest absolute Gasteiger partial charge is 0.313 e. The van der Waals surface area contributed by atoms with Crippen molar-refractivity contribution in [2.24, 2.45) is 5.92 Å². The normalized spacial score (nSPS) is 22.3. The zero-order chi connectivity index (χ0) is 14.9. The molecule has 0 aliphatic heterocycles. The molecular weight excluding hydrogens is 256 g/mol. The highest BCUT2D eigenvalue weighted by Crippen LogP contribution is 2.24. The summed E-state index contributed by atoms with van der Waals surface area (Å²) in [5.41, 5.74) is 0. The van der Waals surface area contributed by atoms with Crippen LogP contribution in [0.1, 0.15) is 84.5 Å².